The predicted octanol–water partition coefficient (Wildman–Crippen LogP) is 4.23. The molecule has 166 valence electrons. The zero-order valence-electron chi connectivity index (χ0n) is 18.8. The van der Waals surface area contributed by atoms with Crippen LogP contribution >= 0.6 is 0 Å². The lowest BCUT2D eigenvalue weighted by molar-refractivity contribution is -0.158. The van der Waals surface area contributed by atoms with Gasteiger partial charge in [0.1, 0.15) is 0 Å². The van der Waals surface area contributed by atoms with Gasteiger partial charge in [0.15, 0.2) is 9.84 Å². The molecular weight excluding hydrogens is 388 g/mol. The summed E-state index contributed by atoms with van der Waals surface area (Å²) in [5.41, 5.74) is -1.02. The van der Waals surface area contributed by atoms with Gasteiger partial charge in [0.05, 0.1) is 35.2 Å². The molecule has 0 bridgehead atoms. The third-order valence-corrected chi connectivity index (χ3v) is 9.87. The molecule has 3 aliphatic carbocycles. The number of ether oxygens (including phenoxy) is 2. The lowest BCUT2D eigenvalue weighted by Gasteiger charge is -2.61. The summed E-state index contributed by atoms with van der Waals surface area (Å²) in [5, 5.41) is 11.3. The average Bonchev–Trinajstić information content (AvgIpc) is 2.63. The van der Waals surface area contributed by atoms with Gasteiger partial charge in [-0.25, -0.2) is 8.42 Å². The minimum atomic E-state index is -3.60. The molecule has 2 saturated carbocycles. The fourth-order valence-corrected chi connectivity index (χ4v) is 8.54. The summed E-state index contributed by atoms with van der Waals surface area (Å²) < 4.78 is 37.8. The molecule has 0 saturated heterocycles. The van der Waals surface area contributed by atoms with Crippen LogP contribution in [0.3, 0.4) is 0 Å². The van der Waals surface area contributed by atoms with E-state index in [1.807, 2.05) is 6.92 Å². The van der Waals surface area contributed by atoms with Gasteiger partial charge in [-0.1, -0.05) is 27.2 Å². The maximum absolute atomic E-state index is 13.5. The predicted molar refractivity (Wildman–Crippen MR) is 115 cm³/mol. The highest BCUT2D eigenvalue weighted by Crippen LogP contribution is 2.62. The molecule has 0 radical (unpaired) electrons. The molecule has 0 spiro atoms. The highest BCUT2D eigenvalue weighted by atomic mass is 32.2. The molecule has 6 heteroatoms. The number of sulfone groups is 1. The Hall–Kier alpha value is -0.850. The van der Waals surface area contributed by atoms with Crippen LogP contribution in [0, 0.1) is 22.7 Å². The number of hydrogen-bond acceptors (Lipinski definition) is 5. The molecule has 0 aliphatic heterocycles. The molecule has 0 amide bonds. The van der Waals surface area contributed by atoms with E-state index in [0.29, 0.717) is 24.5 Å². The van der Waals surface area contributed by atoms with Crippen LogP contribution in [0.2, 0.25) is 0 Å². The van der Waals surface area contributed by atoms with Gasteiger partial charge in [-0.2, -0.15) is 0 Å². The van der Waals surface area contributed by atoms with Crippen LogP contribution in [0.25, 0.3) is 0 Å². The molecule has 29 heavy (non-hydrogen) atoms. The van der Waals surface area contributed by atoms with E-state index in [-0.39, 0.29) is 33.5 Å². The van der Waals surface area contributed by atoms with Gasteiger partial charge in [-0.15, -0.1) is 0 Å². The van der Waals surface area contributed by atoms with Crippen LogP contribution in [-0.2, 0) is 19.3 Å². The molecule has 0 aromatic carbocycles. The third kappa shape index (κ3) is 4.17. The van der Waals surface area contributed by atoms with Crippen molar-refractivity contribution in [2.45, 2.75) is 77.9 Å². The van der Waals surface area contributed by atoms with Crippen molar-refractivity contribution in [3.8, 4) is 0 Å². The first kappa shape index (κ1) is 22.8. The number of fused-ring (bicyclic) bond motifs is 1. The van der Waals surface area contributed by atoms with E-state index in [4.69, 9.17) is 9.47 Å². The van der Waals surface area contributed by atoms with Crippen molar-refractivity contribution >= 4 is 9.84 Å². The Labute approximate surface area is 176 Å². The van der Waals surface area contributed by atoms with Crippen molar-refractivity contribution in [2.24, 2.45) is 22.7 Å². The lowest BCUT2D eigenvalue weighted by Crippen LogP contribution is -2.59. The summed E-state index contributed by atoms with van der Waals surface area (Å²) in [6.07, 6.45) is 8.32. The monoisotopic (exact) mass is 426 g/mol. The van der Waals surface area contributed by atoms with Crippen molar-refractivity contribution in [3.63, 3.8) is 0 Å². The minimum absolute atomic E-state index is 0.0428. The van der Waals surface area contributed by atoms with Crippen LogP contribution in [0.15, 0.2) is 22.8 Å². The van der Waals surface area contributed by atoms with E-state index in [9.17, 15) is 13.5 Å². The first-order chi connectivity index (χ1) is 13.4. The summed E-state index contributed by atoms with van der Waals surface area (Å²) in [7, 11) is -0.475. The molecule has 0 heterocycles. The van der Waals surface area contributed by atoms with Crippen molar-refractivity contribution in [1.29, 1.82) is 0 Å². The molecule has 1 N–H and O–H groups in total. The van der Waals surface area contributed by atoms with Gasteiger partial charge in [0.2, 0.25) is 0 Å². The zero-order valence-corrected chi connectivity index (χ0v) is 19.6. The first-order valence-corrected chi connectivity index (χ1v) is 12.5. The second-order valence-corrected chi connectivity index (χ2v) is 12.5. The zero-order chi connectivity index (χ0) is 21.7. The Bertz CT molecular complexity index is 792. The Morgan fingerprint density at radius 1 is 1.14 bits per heavy atom. The maximum Gasteiger partial charge on any atom is 0.178 e. The lowest BCUT2D eigenvalue weighted by atomic mass is 9.46. The van der Waals surface area contributed by atoms with Crippen LogP contribution in [-0.4, -0.2) is 45.2 Å². The minimum Gasteiger partial charge on any atom is -0.501 e. The second kappa shape index (κ2) is 7.69. The van der Waals surface area contributed by atoms with E-state index in [1.54, 1.807) is 26.4 Å². The highest BCUT2D eigenvalue weighted by Gasteiger charge is 2.58. The van der Waals surface area contributed by atoms with Gasteiger partial charge in [-0.3, -0.25) is 0 Å². The maximum atomic E-state index is 13.5. The molecule has 0 aromatic heterocycles. The number of rotatable bonds is 5. The molecule has 3 aliphatic rings. The van der Waals surface area contributed by atoms with Crippen molar-refractivity contribution in [1.82, 2.24) is 0 Å². The highest BCUT2D eigenvalue weighted by molar-refractivity contribution is 7.95. The SMILES string of the molecule is COC1=CC(S(=O)(=O)C[C@@H]2[C@@]3(C)CCCC(C)(C)C3CC[C@@]2(C)O)=CC(OC)C1. The Kier molecular flexibility index (Phi) is 6.05. The van der Waals surface area contributed by atoms with Gasteiger partial charge in [-0.05, 0) is 61.5 Å². The van der Waals surface area contributed by atoms with Gasteiger partial charge < -0.3 is 14.6 Å². The van der Waals surface area contributed by atoms with Crippen LogP contribution < -0.4 is 0 Å². The summed E-state index contributed by atoms with van der Waals surface area (Å²) in [6, 6.07) is 0. The number of aliphatic hydroxyl groups is 1. The van der Waals surface area contributed by atoms with Gasteiger partial charge >= 0.3 is 0 Å². The summed E-state index contributed by atoms with van der Waals surface area (Å²) >= 11 is 0. The van der Waals surface area contributed by atoms with Gasteiger partial charge in [0.25, 0.3) is 0 Å². The van der Waals surface area contributed by atoms with Crippen molar-refractivity contribution in [3.05, 3.63) is 22.8 Å². The van der Waals surface area contributed by atoms with Crippen LogP contribution in [0.5, 0.6) is 0 Å². The van der Waals surface area contributed by atoms with Gasteiger partial charge in [0, 0.05) is 19.4 Å². The smallest absolute Gasteiger partial charge is 0.178 e. The number of methoxy groups -OCH3 is 2. The van der Waals surface area contributed by atoms with Crippen molar-refractivity contribution in [2.75, 3.05) is 20.0 Å². The average molecular weight is 427 g/mol. The van der Waals surface area contributed by atoms with E-state index < -0.39 is 15.4 Å². The van der Waals surface area contributed by atoms with Crippen LogP contribution in [0.4, 0.5) is 0 Å². The van der Waals surface area contributed by atoms with E-state index >= 15 is 0 Å². The third-order valence-electron chi connectivity index (χ3n) is 8.13. The molecule has 2 fully saturated rings. The van der Waals surface area contributed by atoms with E-state index in [2.05, 4.69) is 20.8 Å². The Morgan fingerprint density at radius 2 is 1.83 bits per heavy atom. The molecule has 2 unspecified atom stereocenters. The molecule has 0 aromatic rings. The standard InChI is InChI=1S/C23H38O5S/c1-21(2)9-7-10-22(3)19(21)8-11-23(4,24)20(22)15-29(25,26)18-13-16(27-5)12-17(14-18)28-6/h13-14,16,19-20,24H,7-12,15H2,1-6H3/t16?,19?,20-,22+,23-/m1/s1. The normalized spacial score (nSPS) is 39.9. The molecular formula is C23H38O5S. The van der Waals surface area contributed by atoms with Crippen molar-refractivity contribution < 1.29 is 23.0 Å². The largest absolute Gasteiger partial charge is 0.501 e. The fourth-order valence-electron chi connectivity index (χ4n) is 6.50. The Balaban J connectivity index is 1.97. The molecule has 5 nitrogen and oxygen atoms in total. The van der Waals surface area contributed by atoms with E-state index in [1.165, 1.54) is 0 Å². The fraction of sp³-hybridized carbons (Fsp3) is 0.826. The van der Waals surface area contributed by atoms with Crippen LogP contribution in [0.1, 0.15) is 66.2 Å². The second-order valence-electron chi connectivity index (χ2n) is 10.5. The topological polar surface area (TPSA) is 72.8 Å². The molecule has 5 atom stereocenters. The Morgan fingerprint density at radius 3 is 2.45 bits per heavy atom. The van der Waals surface area contributed by atoms with E-state index in [0.717, 1.165) is 25.7 Å². The number of allylic oxidation sites excluding steroid dienone is 1. The summed E-state index contributed by atoms with van der Waals surface area (Å²) in [5.74, 6) is 0.679. The first-order valence-electron chi connectivity index (χ1n) is 10.8. The summed E-state index contributed by atoms with van der Waals surface area (Å²) in [4.78, 5) is 0.254. The summed E-state index contributed by atoms with van der Waals surface area (Å²) in [6.45, 7) is 8.66. The quantitative estimate of drug-likeness (QED) is 0.712. The molecule has 3 rings (SSSR count). The number of hydrogen-bond donors (Lipinski definition) is 1.